The van der Waals surface area contributed by atoms with E-state index < -0.39 is 11.4 Å². The van der Waals surface area contributed by atoms with Gasteiger partial charge in [0.15, 0.2) is 0 Å². The normalized spacial score (nSPS) is 13.0. The molecule has 7 heteroatoms. The Bertz CT molecular complexity index is 468. The zero-order valence-corrected chi connectivity index (χ0v) is 12.3. The lowest BCUT2D eigenvalue weighted by molar-refractivity contribution is -0.130. The second kappa shape index (κ2) is 7.33. The number of likely N-dealkylation sites (N-methyl/N-ethyl adjacent to an activating group) is 1. The molecule has 1 atom stereocenters. The van der Waals surface area contributed by atoms with Crippen molar-refractivity contribution in [3.8, 4) is 0 Å². The predicted octanol–water partition coefficient (Wildman–Crippen LogP) is 0.798. The van der Waals surface area contributed by atoms with E-state index in [0.29, 0.717) is 10.6 Å². The molecule has 1 rings (SSSR count). The van der Waals surface area contributed by atoms with Crippen molar-refractivity contribution >= 4 is 35.8 Å². The fourth-order valence-electron chi connectivity index (χ4n) is 1.56. The van der Waals surface area contributed by atoms with E-state index in [1.807, 2.05) is 0 Å². The summed E-state index contributed by atoms with van der Waals surface area (Å²) in [5.41, 5.74) is 4.65. The minimum Gasteiger partial charge on any atom is -0.367 e. The first kappa shape index (κ1) is 17.7. The van der Waals surface area contributed by atoms with E-state index in [9.17, 15) is 9.59 Å². The first-order chi connectivity index (χ1) is 8.40. The number of carbonyl (C=O) groups excluding carboxylic acids is 2. The van der Waals surface area contributed by atoms with Crippen LogP contribution in [-0.2, 0) is 15.1 Å². The van der Waals surface area contributed by atoms with E-state index in [4.69, 9.17) is 17.3 Å². The standard InChI is InChI=1S/C12H16ClN3O2.ClH/c1-12(11(14)18,16-10(17)7-15-2)8-4-3-5-9(13)6-8;/h3-6,15H,7H2,1-2H3,(H2,14,18)(H,16,17);1H. The van der Waals surface area contributed by atoms with Crippen LogP contribution in [0.3, 0.4) is 0 Å². The zero-order chi connectivity index (χ0) is 13.8. The fourth-order valence-corrected chi connectivity index (χ4v) is 1.75. The van der Waals surface area contributed by atoms with Crippen LogP contribution >= 0.6 is 24.0 Å². The highest BCUT2D eigenvalue weighted by Crippen LogP contribution is 2.23. The van der Waals surface area contributed by atoms with Crippen LogP contribution in [-0.4, -0.2) is 25.4 Å². The molecule has 0 radical (unpaired) electrons. The van der Waals surface area contributed by atoms with Crippen LogP contribution in [0.1, 0.15) is 12.5 Å². The molecule has 0 aliphatic rings. The summed E-state index contributed by atoms with van der Waals surface area (Å²) in [5.74, 6) is -0.965. The lowest BCUT2D eigenvalue weighted by Gasteiger charge is -2.28. The largest absolute Gasteiger partial charge is 0.367 e. The van der Waals surface area contributed by atoms with Crippen LogP contribution in [0.15, 0.2) is 24.3 Å². The Kier molecular flexibility index (Phi) is 6.83. The molecule has 1 aromatic carbocycles. The maximum atomic E-state index is 11.6. The molecular weight excluding hydrogens is 289 g/mol. The van der Waals surface area contributed by atoms with E-state index in [2.05, 4.69) is 10.6 Å². The molecule has 1 aromatic rings. The summed E-state index contributed by atoms with van der Waals surface area (Å²) >= 11 is 5.88. The van der Waals surface area contributed by atoms with Crippen LogP contribution in [0.5, 0.6) is 0 Å². The molecule has 0 fully saturated rings. The Hall–Kier alpha value is -1.30. The molecule has 0 saturated carbocycles. The molecule has 0 aliphatic carbocycles. The van der Waals surface area contributed by atoms with Gasteiger partial charge in [-0.15, -0.1) is 12.4 Å². The highest BCUT2D eigenvalue weighted by Gasteiger charge is 2.34. The third kappa shape index (κ3) is 4.38. The third-order valence-corrected chi connectivity index (χ3v) is 2.86. The van der Waals surface area contributed by atoms with E-state index in [0.717, 1.165) is 0 Å². The summed E-state index contributed by atoms with van der Waals surface area (Å²) in [5, 5.41) is 5.78. The van der Waals surface area contributed by atoms with Crippen molar-refractivity contribution in [2.75, 3.05) is 13.6 Å². The molecule has 4 N–H and O–H groups in total. The second-order valence-corrected chi connectivity index (χ2v) is 4.51. The van der Waals surface area contributed by atoms with Gasteiger partial charge in [-0.3, -0.25) is 9.59 Å². The van der Waals surface area contributed by atoms with Crippen molar-refractivity contribution in [3.63, 3.8) is 0 Å². The van der Waals surface area contributed by atoms with Gasteiger partial charge in [-0.2, -0.15) is 0 Å². The molecule has 19 heavy (non-hydrogen) atoms. The van der Waals surface area contributed by atoms with Crippen molar-refractivity contribution in [3.05, 3.63) is 34.9 Å². The number of nitrogens with one attached hydrogen (secondary N) is 2. The molecule has 0 spiro atoms. The van der Waals surface area contributed by atoms with E-state index >= 15 is 0 Å². The highest BCUT2D eigenvalue weighted by molar-refractivity contribution is 6.30. The number of amides is 2. The molecule has 0 aliphatic heterocycles. The minimum absolute atomic E-state index is 0. The molecule has 2 amide bonds. The molecule has 5 nitrogen and oxygen atoms in total. The number of hydrogen-bond donors (Lipinski definition) is 3. The number of benzene rings is 1. The maximum Gasteiger partial charge on any atom is 0.247 e. The summed E-state index contributed by atoms with van der Waals surface area (Å²) in [6, 6.07) is 6.67. The lowest BCUT2D eigenvalue weighted by atomic mass is 9.91. The Morgan fingerprint density at radius 3 is 2.53 bits per heavy atom. The molecule has 0 saturated heterocycles. The molecule has 106 valence electrons. The van der Waals surface area contributed by atoms with Gasteiger partial charge in [0.2, 0.25) is 11.8 Å². The average molecular weight is 306 g/mol. The first-order valence-electron chi connectivity index (χ1n) is 5.41. The van der Waals surface area contributed by atoms with Gasteiger partial charge in [-0.1, -0.05) is 23.7 Å². The second-order valence-electron chi connectivity index (χ2n) is 4.08. The van der Waals surface area contributed by atoms with Crippen LogP contribution in [0.4, 0.5) is 0 Å². The summed E-state index contributed by atoms with van der Waals surface area (Å²) in [6.45, 7) is 1.65. The molecule has 1 unspecified atom stereocenters. The molecule has 0 heterocycles. The van der Waals surface area contributed by atoms with Gasteiger partial charge in [0, 0.05) is 5.02 Å². The van der Waals surface area contributed by atoms with Gasteiger partial charge >= 0.3 is 0 Å². The van der Waals surface area contributed by atoms with Gasteiger partial charge in [0.25, 0.3) is 0 Å². The van der Waals surface area contributed by atoms with Crippen LogP contribution in [0.25, 0.3) is 0 Å². The maximum absolute atomic E-state index is 11.6. The third-order valence-electron chi connectivity index (χ3n) is 2.62. The zero-order valence-electron chi connectivity index (χ0n) is 10.7. The van der Waals surface area contributed by atoms with Gasteiger partial charge < -0.3 is 16.4 Å². The number of rotatable bonds is 5. The molecule has 0 bridgehead atoms. The van der Waals surface area contributed by atoms with Crippen LogP contribution in [0, 0.1) is 0 Å². The summed E-state index contributed by atoms with van der Waals surface area (Å²) < 4.78 is 0. The quantitative estimate of drug-likeness (QED) is 0.752. The minimum atomic E-state index is -1.28. The Morgan fingerprint density at radius 1 is 1.42 bits per heavy atom. The molecular formula is C12H17Cl2N3O2. The van der Waals surface area contributed by atoms with Gasteiger partial charge in [-0.05, 0) is 31.7 Å². The van der Waals surface area contributed by atoms with Crippen molar-refractivity contribution in [2.24, 2.45) is 5.73 Å². The lowest BCUT2D eigenvalue weighted by Crippen LogP contribution is -2.54. The van der Waals surface area contributed by atoms with Crippen LogP contribution in [0.2, 0.25) is 5.02 Å². The summed E-state index contributed by atoms with van der Waals surface area (Å²) in [6.07, 6.45) is 0. The number of nitrogens with two attached hydrogens (primary N) is 1. The Balaban J connectivity index is 0.00000324. The Morgan fingerprint density at radius 2 is 2.05 bits per heavy atom. The van der Waals surface area contributed by atoms with Crippen molar-refractivity contribution in [1.29, 1.82) is 0 Å². The van der Waals surface area contributed by atoms with E-state index in [1.165, 1.54) is 0 Å². The number of halogens is 2. The number of primary amides is 1. The first-order valence-corrected chi connectivity index (χ1v) is 5.79. The van der Waals surface area contributed by atoms with Crippen molar-refractivity contribution in [2.45, 2.75) is 12.5 Å². The number of hydrogen-bond acceptors (Lipinski definition) is 3. The topological polar surface area (TPSA) is 84.2 Å². The van der Waals surface area contributed by atoms with Gasteiger partial charge in [-0.25, -0.2) is 0 Å². The van der Waals surface area contributed by atoms with E-state index in [-0.39, 0.29) is 24.9 Å². The fraction of sp³-hybridized carbons (Fsp3) is 0.333. The SMILES string of the molecule is CNCC(=O)NC(C)(C(N)=O)c1cccc(Cl)c1.Cl. The molecule has 0 aromatic heterocycles. The van der Waals surface area contributed by atoms with Crippen molar-refractivity contribution in [1.82, 2.24) is 10.6 Å². The monoisotopic (exact) mass is 305 g/mol. The average Bonchev–Trinajstić information content (AvgIpc) is 2.28. The highest BCUT2D eigenvalue weighted by atomic mass is 35.5. The smallest absolute Gasteiger partial charge is 0.247 e. The van der Waals surface area contributed by atoms with Gasteiger partial charge in [0.05, 0.1) is 6.54 Å². The summed E-state index contributed by atoms with van der Waals surface area (Å²) in [4.78, 5) is 23.2. The van der Waals surface area contributed by atoms with Crippen LogP contribution < -0.4 is 16.4 Å². The predicted molar refractivity (Wildman–Crippen MR) is 77.3 cm³/mol. The van der Waals surface area contributed by atoms with E-state index in [1.54, 1.807) is 38.2 Å². The van der Waals surface area contributed by atoms with Crippen molar-refractivity contribution < 1.29 is 9.59 Å². The number of carbonyl (C=O) groups is 2. The van der Waals surface area contributed by atoms with Gasteiger partial charge in [0.1, 0.15) is 5.54 Å². The summed E-state index contributed by atoms with van der Waals surface area (Å²) in [7, 11) is 1.64. The Labute approximate surface area is 123 Å².